The van der Waals surface area contributed by atoms with Crippen molar-refractivity contribution in [1.82, 2.24) is 0 Å². The Bertz CT molecular complexity index is 729. The van der Waals surface area contributed by atoms with E-state index in [1.54, 1.807) is 0 Å². The largest absolute Gasteiger partial charge is 0.508 e. The fourth-order valence-electron chi connectivity index (χ4n) is 1.72. The van der Waals surface area contributed by atoms with Crippen LogP contribution in [0.15, 0.2) is 36.4 Å². The number of carbonyl (C=O) groups is 2. The maximum absolute atomic E-state index is 11.3. The third-order valence-corrected chi connectivity index (χ3v) is 3.03. The molecule has 0 fully saturated rings. The fourth-order valence-corrected chi connectivity index (χ4v) is 1.72. The van der Waals surface area contributed by atoms with Crippen LogP contribution >= 0.6 is 0 Å². The number of carbonyl (C=O) groups excluding carboxylic acids is 2. The van der Waals surface area contributed by atoms with E-state index in [2.05, 4.69) is 4.74 Å². The zero-order valence-corrected chi connectivity index (χ0v) is 14.3. The Kier molecular flexibility index (Phi) is 7.75. The lowest BCUT2D eigenvalue weighted by molar-refractivity contribution is 0.0503. The molecule has 0 amide bonds. The average molecular weight is 364 g/mol. The standard InChI is InChI=1S/C10H12O5.C8H8O3/c1-2-3-15-10(14)6-4-7(11)9(13)8(12)5-6;1-11-8(10)6-2-4-7(9)5-3-6/h4-5,11-13H,2-3H2,1H3;2-5,9H,1H3. The number of ether oxygens (including phenoxy) is 2. The van der Waals surface area contributed by atoms with Gasteiger partial charge in [-0.25, -0.2) is 9.59 Å². The second kappa shape index (κ2) is 9.77. The molecular formula is C18H20O8. The first-order valence-corrected chi connectivity index (χ1v) is 7.59. The van der Waals surface area contributed by atoms with Crippen LogP contribution in [0.2, 0.25) is 0 Å². The topological polar surface area (TPSA) is 134 Å². The highest BCUT2D eigenvalue weighted by atomic mass is 16.5. The normalized spacial score (nSPS) is 9.62. The molecule has 0 radical (unpaired) electrons. The van der Waals surface area contributed by atoms with Gasteiger partial charge in [0.2, 0.25) is 0 Å². The number of phenols is 4. The zero-order valence-electron chi connectivity index (χ0n) is 14.3. The Balaban J connectivity index is 0.000000273. The van der Waals surface area contributed by atoms with Gasteiger partial charge in [-0.15, -0.1) is 0 Å². The Hall–Kier alpha value is -3.42. The van der Waals surface area contributed by atoms with Crippen LogP contribution in [-0.2, 0) is 9.47 Å². The molecule has 26 heavy (non-hydrogen) atoms. The van der Waals surface area contributed by atoms with Gasteiger partial charge in [0.15, 0.2) is 17.2 Å². The quantitative estimate of drug-likeness (QED) is 0.480. The van der Waals surface area contributed by atoms with Crippen LogP contribution in [0.1, 0.15) is 34.1 Å². The van der Waals surface area contributed by atoms with Crippen LogP contribution < -0.4 is 0 Å². The molecule has 0 atom stereocenters. The van der Waals surface area contributed by atoms with E-state index in [9.17, 15) is 9.59 Å². The van der Waals surface area contributed by atoms with E-state index < -0.39 is 29.2 Å². The van der Waals surface area contributed by atoms with Crippen LogP contribution in [0.25, 0.3) is 0 Å². The van der Waals surface area contributed by atoms with E-state index in [0.29, 0.717) is 12.0 Å². The van der Waals surface area contributed by atoms with Gasteiger partial charge in [-0.05, 0) is 42.8 Å². The molecule has 140 valence electrons. The van der Waals surface area contributed by atoms with E-state index in [-0.39, 0.29) is 17.9 Å². The lowest BCUT2D eigenvalue weighted by Gasteiger charge is -2.05. The second-order valence-electron chi connectivity index (χ2n) is 5.04. The summed E-state index contributed by atoms with van der Waals surface area (Å²) in [5.74, 6) is -2.68. The fraction of sp³-hybridized carbons (Fsp3) is 0.222. The molecule has 2 aromatic carbocycles. The number of aromatic hydroxyl groups is 4. The lowest BCUT2D eigenvalue weighted by Crippen LogP contribution is -2.05. The number of methoxy groups -OCH3 is 1. The van der Waals surface area contributed by atoms with E-state index in [4.69, 9.17) is 25.2 Å². The third kappa shape index (κ3) is 5.90. The summed E-state index contributed by atoms with van der Waals surface area (Å²) >= 11 is 0. The highest BCUT2D eigenvalue weighted by molar-refractivity contribution is 5.91. The van der Waals surface area contributed by atoms with Crippen molar-refractivity contribution in [3.05, 3.63) is 47.5 Å². The van der Waals surface area contributed by atoms with E-state index in [1.165, 1.54) is 31.4 Å². The molecule has 0 aromatic heterocycles. The molecule has 0 aliphatic carbocycles. The van der Waals surface area contributed by atoms with Crippen LogP contribution in [0.4, 0.5) is 0 Å². The minimum Gasteiger partial charge on any atom is -0.508 e. The van der Waals surface area contributed by atoms with Gasteiger partial charge in [0, 0.05) is 0 Å². The maximum atomic E-state index is 11.3. The smallest absolute Gasteiger partial charge is 0.338 e. The predicted octanol–water partition coefficient (Wildman–Crippen LogP) is 2.55. The van der Waals surface area contributed by atoms with Gasteiger partial charge in [0.05, 0.1) is 24.8 Å². The first kappa shape index (κ1) is 20.6. The number of phenolic OH excluding ortho intramolecular Hbond substituents is 4. The van der Waals surface area contributed by atoms with Crippen LogP contribution in [0.5, 0.6) is 23.0 Å². The Morgan fingerprint density at radius 1 is 0.885 bits per heavy atom. The van der Waals surface area contributed by atoms with Crippen molar-refractivity contribution in [3.63, 3.8) is 0 Å². The number of hydrogen-bond donors (Lipinski definition) is 4. The van der Waals surface area contributed by atoms with Gasteiger partial charge in [-0.2, -0.15) is 0 Å². The SMILES string of the molecule is CCCOC(=O)c1cc(O)c(O)c(O)c1.COC(=O)c1ccc(O)cc1. The second-order valence-corrected chi connectivity index (χ2v) is 5.04. The van der Waals surface area contributed by atoms with E-state index >= 15 is 0 Å². The molecule has 4 N–H and O–H groups in total. The molecule has 0 aliphatic rings. The molecule has 2 rings (SSSR count). The van der Waals surface area contributed by atoms with Gasteiger partial charge in [-0.1, -0.05) is 6.92 Å². The highest BCUT2D eigenvalue weighted by Gasteiger charge is 2.14. The number of esters is 2. The van der Waals surface area contributed by atoms with Gasteiger partial charge >= 0.3 is 11.9 Å². The Morgan fingerprint density at radius 3 is 1.88 bits per heavy atom. The number of hydrogen-bond acceptors (Lipinski definition) is 8. The molecule has 8 heteroatoms. The Labute approximate surface area is 149 Å². The molecule has 0 bridgehead atoms. The van der Waals surface area contributed by atoms with Gasteiger partial charge in [-0.3, -0.25) is 0 Å². The molecule has 0 unspecified atom stereocenters. The van der Waals surface area contributed by atoms with Crippen LogP contribution in [0.3, 0.4) is 0 Å². The molecule has 0 saturated carbocycles. The summed E-state index contributed by atoms with van der Waals surface area (Å²) < 4.78 is 9.24. The first-order valence-electron chi connectivity index (χ1n) is 7.59. The van der Waals surface area contributed by atoms with Gasteiger partial charge in [0.1, 0.15) is 5.75 Å². The summed E-state index contributed by atoms with van der Waals surface area (Å²) in [5, 5.41) is 36.2. The van der Waals surface area contributed by atoms with Crippen molar-refractivity contribution < 1.29 is 39.5 Å². The van der Waals surface area contributed by atoms with Crippen molar-refractivity contribution in [2.45, 2.75) is 13.3 Å². The third-order valence-electron chi connectivity index (χ3n) is 3.03. The molecule has 0 heterocycles. The molecule has 0 aliphatic heterocycles. The van der Waals surface area contributed by atoms with Crippen LogP contribution in [0, 0.1) is 0 Å². The van der Waals surface area contributed by atoms with E-state index in [1.807, 2.05) is 6.92 Å². The monoisotopic (exact) mass is 364 g/mol. The maximum Gasteiger partial charge on any atom is 0.338 e. The van der Waals surface area contributed by atoms with Gasteiger partial charge in [0.25, 0.3) is 0 Å². The molecule has 0 spiro atoms. The van der Waals surface area contributed by atoms with Crippen molar-refractivity contribution >= 4 is 11.9 Å². The zero-order chi connectivity index (χ0) is 19.7. The summed E-state index contributed by atoms with van der Waals surface area (Å²) in [6.45, 7) is 2.11. The lowest BCUT2D eigenvalue weighted by atomic mass is 10.2. The first-order chi connectivity index (χ1) is 12.3. The van der Waals surface area contributed by atoms with Crippen molar-refractivity contribution in [2.24, 2.45) is 0 Å². The number of rotatable bonds is 4. The molecule has 8 nitrogen and oxygen atoms in total. The predicted molar refractivity (Wildman–Crippen MR) is 91.5 cm³/mol. The molecular weight excluding hydrogens is 344 g/mol. The van der Waals surface area contributed by atoms with Crippen molar-refractivity contribution in [3.8, 4) is 23.0 Å². The summed E-state index contributed by atoms with van der Waals surface area (Å²) in [7, 11) is 1.31. The summed E-state index contributed by atoms with van der Waals surface area (Å²) in [5.41, 5.74) is 0.432. The van der Waals surface area contributed by atoms with Crippen LogP contribution in [-0.4, -0.2) is 46.1 Å². The molecule has 2 aromatic rings. The summed E-state index contributed by atoms with van der Waals surface area (Å²) in [6.07, 6.45) is 0.682. The van der Waals surface area contributed by atoms with Crippen molar-refractivity contribution in [1.29, 1.82) is 0 Å². The highest BCUT2D eigenvalue weighted by Crippen LogP contribution is 2.35. The number of benzene rings is 2. The Morgan fingerprint density at radius 2 is 1.42 bits per heavy atom. The molecule has 0 saturated heterocycles. The van der Waals surface area contributed by atoms with Gasteiger partial charge < -0.3 is 29.9 Å². The van der Waals surface area contributed by atoms with Crippen molar-refractivity contribution in [2.75, 3.05) is 13.7 Å². The minimum atomic E-state index is -0.651. The summed E-state index contributed by atoms with van der Waals surface area (Å²) in [6, 6.07) is 7.95. The average Bonchev–Trinajstić information content (AvgIpc) is 2.64. The minimum absolute atomic E-state index is 0.00347. The van der Waals surface area contributed by atoms with E-state index in [0.717, 1.165) is 12.1 Å². The summed E-state index contributed by atoms with van der Waals surface area (Å²) in [4.78, 5) is 22.1.